The Bertz CT molecular complexity index is 1190. The number of rotatable bonds is 6. The molecule has 172 valence electrons. The van der Waals surface area contributed by atoms with Crippen LogP contribution < -0.4 is 11.1 Å². The highest BCUT2D eigenvalue weighted by atomic mass is 19.2. The monoisotopic (exact) mass is 455 g/mol. The minimum absolute atomic E-state index is 0.0883. The van der Waals surface area contributed by atoms with Crippen LogP contribution in [0.3, 0.4) is 0 Å². The zero-order valence-electron chi connectivity index (χ0n) is 17.9. The van der Waals surface area contributed by atoms with Crippen molar-refractivity contribution in [2.75, 3.05) is 11.9 Å². The average molecular weight is 455 g/mol. The highest BCUT2D eigenvalue weighted by Crippen LogP contribution is 2.35. The van der Waals surface area contributed by atoms with Crippen LogP contribution in [0.15, 0.2) is 42.5 Å². The van der Waals surface area contributed by atoms with E-state index in [-0.39, 0.29) is 18.3 Å². The first-order valence-electron chi connectivity index (χ1n) is 11.0. The molecule has 2 aromatic carbocycles. The third-order valence-corrected chi connectivity index (χ3v) is 6.19. The van der Waals surface area contributed by atoms with Gasteiger partial charge in [-0.25, -0.2) is 18.2 Å². The number of imidazole rings is 1. The molecule has 1 saturated carbocycles. The third kappa shape index (κ3) is 4.45. The largest absolute Gasteiger partial charge is 0.340 e. The lowest BCUT2D eigenvalue weighted by Gasteiger charge is -2.30. The number of fused-ring (bicyclic) bond motifs is 1. The molecule has 1 aliphatic heterocycles. The summed E-state index contributed by atoms with van der Waals surface area (Å²) in [7, 11) is 0. The van der Waals surface area contributed by atoms with E-state index in [2.05, 4.69) is 5.32 Å². The van der Waals surface area contributed by atoms with Crippen molar-refractivity contribution in [1.82, 2.24) is 14.5 Å². The Morgan fingerprint density at radius 3 is 2.55 bits per heavy atom. The van der Waals surface area contributed by atoms with Crippen LogP contribution in [0.5, 0.6) is 0 Å². The second-order valence-corrected chi connectivity index (χ2v) is 8.68. The Labute approximate surface area is 189 Å². The van der Waals surface area contributed by atoms with E-state index < -0.39 is 17.7 Å². The number of carbonyl (C=O) groups excluding carboxylic acids is 1. The van der Waals surface area contributed by atoms with Gasteiger partial charge in [0.1, 0.15) is 23.2 Å². The van der Waals surface area contributed by atoms with E-state index in [0.717, 1.165) is 25.0 Å². The smallest absolute Gasteiger partial charge is 0.239 e. The number of aromatic nitrogens is 2. The van der Waals surface area contributed by atoms with Crippen LogP contribution in [0.4, 0.5) is 24.7 Å². The number of nitrogens with zero attached hydrogens (tertiary/aromatic N) is 3. The second-order valence-electron chi connectivity index (χ2n) is 8.68. The maximum absolute atomic E-state index is 13.8. The molecule has 0 radical (unpaired) electrons. The quantitative estimate of drug-likeness (QED) is 0.585. The van der Waals surface area contributed by atoms with E-state index >= 15 is 0 Å². The number of hydrogen-bond acceptors (Lipinski definition) is 4. The zero-order valence-corrected chi connectivity index (χ0v) is 17.9. The number of hydrogen-bond donors (Lipinski definition) is 2. The first-order chi connectivity index (χ1) is 15.9. The lowest BCUT2D eigenvalue weighted by atomic mass is 10.1. The summed E-state index contributed by atoms with van der Waals surface area (Å²) < 4.78 is 42.6. The molecule has 33 heavy (non-hydrogen) atoms. The van der Waals surface area contributed by atoms with Gasteiger partial charge in [-0.3, -0.25) is 4.79 Å². The van der Waals surface area contributed by atoms with Gasteiger partial charge in [0.2, 0.25) is 5.91 Å². The molecular formula is C24H24F3N5O. The van der Waals surface area contributed by atoms with E-state index in [0.29, 0.717) is 54.0 Å². The molecule has 3 aromatic rings. The molecule has 1 atom stereocenters. The molecule has 0 bridgehead atoms. The van der Waals surface area contributed by atoms with Gasteiger partial charge in [-0.15, -0.1) is 0 Å². The summed E-state index contributed by atoms with van der Waals surface area (Å²) in [5.74, 6) is -0.620. The predicted molar refractivity (Wildman–Crippen MR) is 118 cm³/mol. The van der Waals surface area contributed by atoms with Crippen molar-refractivity contribution in [3.8, 4) is 11.3 Å². The highest BCUT2D eigenvalue weighted by Gasteiger charge is 2.32. The predicted octanol–water partition coefficient (Wildman–Crippen LogP) is 4.18. The van der Waals surface area contributed by atoms with Crippen molar-refractivity contribution in [2.45, 2.75) is 38.4 Å². The van der Waals surface area contributed by atoms with Gasteiger partial charge < -0.3 is 20.5 Å². The van der Waals surface area contributed by atoms with Gasteiger partial charge >= 0.3 is 0 Å². The Kier molecular flexibility index (Phi) is 5.57. The van der Waals surface area contributed by atoms with E-state index in [4.69, 9.17) is 10.7 Å². The number of benzene rings is 2. The number of halogens is 3. The Morgan fingerprint density at radius 1 is 1.09 bits per heavy atom. The van der Waals surface area contributed by atoms with Gasteiger partial charge in [0.05, 0.1) is 12.6 Å². The van der Waals surface area contributed by atoms with Crippen LogP contribution in [0.2, 0.25) is 0 Å². The molecule has 1 aromatic heterocycles. The molecule has 2 heterocycles. The van der Waals surface area contributed by atoms with Crippen molar-refractivity contribution in [3.63, 3.8) is 0 Å². The van der Waals surface area contributed by atoms with Crippen molar-refractivity contribution >= 4 is 17.4 Å². The summed E-state index contributed by atoms with van der Waals surface area (Å²) in [4.78, 5) is 19.3. The molecule has 0 unspecified atom stereocenters. The molecule has 1 fully saturated rings. The zero-order chi connectivity index (χ0) is 23.1. The lowest BCUT2D eigenvalue weighted by molar-refractivity contribution is -0.134. The van der Waals surface area contributed by atoms with E-state index in [9.17, 15) is 18.0 Å². The summed E-state index contributed by atoms with van der Waals surface area (Å²) in [6.45, 7) is 1.19. The van der Waals surface area contributed by atoms with Crippen LogP contribution in [-0.4, -0.2) is 32.9 Å². The Balaban J connectivity index is 1.47. The van der Waals surface area contributed by atoms with Crippen LogP contribution >= 0.6 is 0 Å². The van der Waals surface area contributed by atoms with Gasteiger partial charge in [-0.1, -0.05) is 12.8 Å². The second kappa shape index (κ2) is 8.55. The number of carbonyl (C=O) groups is 1. The number of anilines is 2. The third-order valence-electron chi connectivity index (χ3n) is 6.19. The van der Waals surface area contributed by atoms with Crippen molar-refractivity contribution in [2.24, 2.45) is 11.7 Å². The minimum Gasteiger partial charge on any atom is -0.340 e. The minimum atomic E-state index is -0.969. The summed E-state index contributed by atoms with van der Waals surface area (Å²) in [5.41, 5.74) is 7.69. The summed E-state index contributed by atoms with van der Waals surface area (Å²) in [6.07, 6.45) is 2.96. The van der Waals surface area contributed by atoms with Gasteiger partial charge in [-0.2, -0.15) is 0 Å². The maximum Gasteiger partial charge on any atom is 0.239 e. The Hall–Kier alpha value is -3.33. The summed E-state index contributed by atoms with van der Waals surface area (Å²) >= 11 is 0. The molecule has 0 spiro atoms. The van der Waals surface area contributed by atoms with Crippen LogP contribution in [0.25, 0.3) is 11.3 Å². The fraction of sp³-hybridized carbons (Fsp3) is 0.333. The summed E-state index contributed by atoms with van der Waals surface area (Å²) in [6, 6.07) is 8.91. The van der Waals surface area contributed by atoms with E-state index in [1.165, 1.54) is 18.2 Å². The van der Waals surface area contributed by atoms with Crippen LogP contribution in [-0.2, 0) is 17.9 Å². The molecular weight excluding hydrogens is 431 g/mol. The standard InChI is InChI=1S/C24H24F3N5O/c25-16-5-3-15(4-6-16)22-23(29-17-7-8-18(26)19(27)12-17)32-10-9-31(13-21(32)30-22)24(33)20(28)11-14-1-2-14/h3-8,12,14,20,29H,1-2,9-11,13,28H2/t20-/m0/s1. The SMILES string of the molecule is N[C@@H](CC1CC1)C(=O)N1CCn2c(nc(-c3ccc(F)cc3)c2Nc2ccc(F)c(F)c2)C1. The van der Waals surface area contributed by atoms with E-state index in [1.807, 2.05) is 4.57 Å². The first-order valence-corrected chi connectivity index (χ1v) is 11.0. The van der Waals surface area contributed by atoms with Gasteiger partial charge in [-0.05, 0) is 48.7 Å². The topological polar surface area (TPSA) is 76.2 Å². The summed E-state index contributed by atoms with van der Waals surface area (Å²) in [5, 5.41) is 3.13. The fourth-order valence-electron chi connectivity index (χ4n) is 4.21. The van der Waals surface area contributed by atoms with E-state index in [1.54, 1.807) is 17.0 Å². The molecule has 9 heteroatoms. The Morgan fingerprint density at radius 2 is 1.85 bits per heavy atom. The molecule has 6 nitrogen and oxygen atoms in total. The number of amides is 1. The molecule has 5 rings (SSSR count). The van der Waals surface area contributed by atoms with Gasteiger partial charge in [0.15, 0.2) is 11.6 Å². The van der Waals surface area contributed by atoms with Crippen molar-refractivity contribution in [1.29, 1.82) is 0 Å². The molecule has 2 aliphatic rings. The molecule has 0 saturated heterocycles. The lowest BCUT2D eigenvalue weighted by Crippen LogP contribution is -2.47. The molecule has 1 aliphatic carbocycles. The maximum atomic E-state index is 13.8. The molecule has 3 N–H and O–H groups in total. The number of nitrogens with two attached hydrogens (primary N) is 1. The normalized spacial score (nSPS) is 16.4. The van der Waals surface area contributed by atoms with Gasteiger partial charge in [0, 0.05) is 30.4 Å². The first kappa shape index (κ1) is 21.5. The average Bonchev–Trinajstić information content (AvgIpc) is 3.55. The van der Waals surface area contributed by atoms with Crippen LogP contribution in [0.1, 0.15) is 25.1 Å². The molecule has 1 amide bonds. The van der Waals surface area contributed by atoms with Crippen molar-refractivity contribution < 1.29 is 18.0 Å². The van der Waals surface area contributed by atoms with Crippen LogP contribution in [0, 0.1) is 23.4 Å². The highest BCUT2D eigenvalue weighted by molar-refractivity contribution is 5.82. The van der Waals surface area contributed by atoms with Crippen molar-refractivity contribution in [3.05, 3.63) is 65.7 Å². The fourth-order valence-corrected chi connectivity index (χ4v) is 4.21. The number of nitrogens with one attached hydrogen (secondary N) is 1. The van der Waals surface area contributed by atoms with Gasteiger partial charge in [0.25, 0.3) is 0 Å².